The molecule has 2 nitrogen and oxygen atoms in total. The van der Waals surface area contributed by atoms with Crippen LogP contribution < -0.4 is 10.5 Å². The van der Waals surface area contributed by atoms with E-state index >= 15 is 0 Å². The zero-order valence-electron chi connectivity index (χ0n) is 9.42. The highest BCUT2D eigenvalue weighted by atomic mass is 79.9. The van der Waals surface area contributed by atoms with Crippen LogP contribution in [0, 0.1) is 0 Å². The molecule has 2 N–H and O–H groups in total. The Morgan fingerprint density at radius 1 is 1.12 bits per heavy atom. The normalized spacial score (nSPS) is 19.4. The van der Waals surface area contributed by atoms with E-state index in [2.05, 4.69) is 15.9 Å². The average molecular weight is 284 g/mol. The molecule has 88 valence electrons. The molecule has 0 spiro atoms. The van der Waals surface area contributed by atoms with Crippen molar-refractivity contribution in [1.29, 1.82) is 0 Å². The van der Waals surface area contributed by atoms with Gasteiger partial charge in [-0.3, -0.25) is 0 Å². The van der Waals surface area contributed by atoms with Crippen LogP contribution in [0.4, 0.5) is 0 Å². The fourth-order valence-electron chi connectivity index (χ4n) is 2.16. The van der Waals surface area contributed by atoms with Crippen LogP contribution in [0.3, 0.4) is 0 Å². The SMILES string of the molecule is NC1(COc2ccc(Br)cc2)CCCCC1. The number of benzene rings is 1. The highest BCUT2D eigenvalue weighted by Crippen LogP contribution is 2.27. The van der Waals surface area contributed by atoms with Gasteiger partial charge in [0.2, 0.25) is 0 Å². The Morgan fingerprint density at radius 3 is 2.38 bits per heavy atom. The first kappa shape index (κ1) is 11.9. The molecule has 1 aromatic rings. The van der Waals surface area contributed by atoms with Crippen LogP contribution in [0.5, 0.6) is 5.75 Å². The lowest BCUT2D eigenvalue weighted by Crippen LogP contribution is -2.47. The number of hydrogen-bond acceptors (Lipinski definition) is 2. The van der Waals surface area contributed by atoms with Gasteiger partial charge in [0.1, 0.15) is 12.4 Å². The first-order chi connectivity index (χ1) is 7.68. The monoisotopic (exact) mass is 283 g/mol. The van der Waals surface area contributed by atoms with E-state index in [1.807, 2.05) is 24.3 Å². The van der Waals surface area contributed by atoms with Crippen LogP contribution >= 0.6 is 15.9 Å². The van der Waals surface area contributed by atoms with Crippen molar-refractivity contribution < 1.29 is 4.74 Å². The molecular formula is C13H18BrNO. The third-order valence-corrected chi connectivity index (χ3v) is 3.72. The lowest BCUT2D eigenvalue weighted by atomic mass is 9.83. The van der Waals surface area contributed by atoms with Crippen molar-refractivity contribution in [1.82, 2.24) is 0 Å². The maximum atomic E-state index is 6.30. The Kier molecular flexibility index (Phi) is 3.87. The van der Waals surface area contributed by atoms with Gasteiger partial charge in [-0.2, -0.15) is 0 Å². The molecule has 0 atom stereocenters. The molecule has 0 radical (unpaired) electrons. The molecule has 1 aliphatic carbocycles. The molecule has 16 heavy (non-hydrogen) atoms. The summed E-state index contributed by atoms with van der Waals surface area (Å²) in [6.07, 6.45) is 5.96. The molecule has 0 saturated heterocycles. The van der Waals surface area contributed by atoms with Crippen molar-refractivity contribution >= 4 is 15.9 Å². The third-order valence-electron chi connectivity index (χ3n) is 3.19. The van der Waals surface area contributed by atoms with Gasteiger partial charge in [-0.25, -0.2) is 0 Å². The van der Waals surface area contributed by atoms with Crippen LogP contribution in [0.2, 0.25) is 0 Å². The highest BCUT2D eigenvalue weighted by Gasteiger charge is 2.28. The number of ether oxygens (including phenoxy) is 1. The molecule has 1 saturated carbocycles. The fourth-order valence-corrected chi connectivity index (χ4v) is 2.42. The average Bonchev–Trinajstić information content (AvgIpc) is 2.29. The first-order valence-corrected chi connectivity index (χ1v) is 6.65. The largest absolute Gasteiger partial charge is 0.492 e. The van der Waals surface area contributed by atoms with Crippen molar-refractivity contribution in [2.45, 2.75) is 37.6 Å². The van der Waals surface area contributed by atoms with E-state index in [1.165, 1.54) is 19.3 Å². The molecule has 0 aliphatic heterocycles. The van der Waals surface area contributed by atoms with Crippen molar-refractivity contribution in [3.8, 4) is 5.75 Å². The molecule has 1 aromatic carbocycles. The maximum absolute atomic E-state index is 6.30. The van der Waals surface area contributed by atoms with E-state index in [-0.39, 0.29) is 5.54 Å². The smallest absolute Gasteiger partial charge is 0.119 e. The summed E-state index contributed by atoms with van der Waals surface area (Å²) in [5.74, 6) is 0.901. The van der Waals surface area contributed by atoms with Gasteiger partial charge in [0, 0.05) is 4.47 Å². The van der Waals surface area contributed by atoms with Crippen LogP contribution in [0.15, 0.2) is 28.7 Å². The Balaban J connectivity index is 1.88. The van der Waals surface area contributed by atoms with Gasteiger partial charge in [-0.15, -0.1) is 0 Å². The molecule has 0 amide bonds. The molecule has 2 rings (SSSR count). The fraction of sp³-hybridized carbons (Fsp3) is 0.538. The number of halogens is 1. The van der Waals surface area contributed by atoms with Crippen molar-refractivity contribution in [2.24, 2.45) is 5.73 Å². The Labute approximate surface area is 105 Å². The molecule has 0 aromatic heterocycles. The summed E-state index contributed by atoms with van der Waals surface area (Å²) in [5.41, 5.74) is 6.20. The van der Waals surface area contributed by atoms with E-state index in [1.54, 1.807) is 0 Å². The standard InChI is InChI=1S/C13H18BrNO/c14-11-4-6-12(7-5-11)16-10-13(15)8-2-1-3-9-13/h4-7H,1-3,8-10,15H2. The van der Waals surface area contributed by atoms with E-state index in [0.29, 0.717) is 6.61 Å². The zero-order valence-corrected chi connectivity index (χ0v) is 11.0. The lowest BCUT2D eigenvalue weighted by molar-refractivity contribution is 0.174. The van der Waals surface area contributed by atoms with Gasteiger partial charge < -0.3 is 10.5 Å². The Hall–Kier alpha value is -0.540. The summed E-state index contributed by atoms with van der Waals surface area (Å²) in [6, 6.07) is 7.91. The van der Waals surface area contributed by atoms with Crippen molar-refractivity contribution in [3.63, 3.8) is 0 Å². The highest BCUT2D eigenvalue weighted by molar-refractivity contribution is 9.10. The van der Waals surface area contributed by atoms with Gasteiger partial charge >= 0.3 is 0 Å². The van der Waals surface area contributed by atoms with Gasteiger partial charge in [-0.1, -0.05) is 35.2 Å². The van der Waals surface area contributed by atoms with Crippen molar-refractivity contribution in [2.75, 3.05) is 6.61 Å². The second kappa shape index (κ2) is 5.19. The van der Waals surface area contributed by atoms with E-state index < -0.39 is 0 Å². The molecule has 1 fully saturated rings. The van der Waals surface area contributed by atoms with E-state index in [0.717, 1.165) is 23.1 Å². The first-order valence-electron chi connectivity index (χ1n) is 5.85. The Morgan fingerprint density at radius 2 is 1.75 bits per heavy atom. The predicted molar refractivity (Wildman–Crippen MR) is 69.6 cm³/mol. The van der Waals surface area contributed by atoms with Gasteiger partial charge in [0.25, 0.3) is 0 Å². The summed E-state index contributed by atoms with van der Waals surface area (Å²) in [5, 5.41) is 0. The van der Waals surface area contributed by atoms with Gasteiger partial charge in [0.15, 0.2) is 0 Å². The van der Waals surface area contributed by atoms with Crippen LogP contribution in [0.1, 0.15) is 32.1 Å². The second-order valence-electron chi connectivity index (χ2n) is 4.67. The summed E-state index contributed by atoms with van der Waals surface area (Å²) >= 11 is 3.40. The number of rotatable bonds is 3. The summed E-state index contributed by atoms with van der Waals surface area (Å²) in [4.78, 5) is 0. The van der Waals surface area contributed by atoms with E-state index in [4.69, 9.17) is 10.5 Å². The minimum absolute atomic E-state index is 0.106. The van der Waals surface area contributed by atoms with Crippen LogP contribution in [-0.2, 0) is 0 Å². The summed E-state index contributed by atoms with van der Waals surface area (Å²) < 4.78 is 6.83. The lowest BCUT2D eigenvalue weighted by Gasteiger charge is -2.33. The molecular weight excluding hydrogens is 266 g/mol. The van der Waals surface area contributed by atoms with Gasteiger partial charge in [0.05, 0.1) is 5.54 Å². The van der Waals surface area contributed by atoms with Crippen molar-refractivity contribution in [3.05, 3.63) is 28.7 Å². The number of nitrogens with two attached hydrogens (primary N) is 1. The minimum Gasteiger partial charge on any atom is -0.492 e. The van der Waals surface area contributed by atoms with Crippen LogP contribution in [-0.4, -0.2) is 12.1 Å². The zero-order chi connectivity index (χ0) is 11.4. The third kappa shape index (κ3) is 3.22. The predicted octanol–water partition coefficient (Wildman–Crippen LogP) is 3.49. The Bertz CT molecular complexity index is 330. The molecule has 3 heteroatoms. The summed E-state index contributed by atoms with van der Waals surface area (Å²) in [7, 11) is 0. The maximum Gasteiger partial charge on any atom is 0.119 e. The van der Waals surface area contributed by atoms with Gasteiger partial charge in [-0.05, 0) is 37.1 Å². The quantitative estimate of drug-likeness (QED) is 0.922. The minimum atomic E-state index is -0.106. The number of hydrogen-bond donors (Lipinski definition) is 1. The molecule has 0 bridgehead atoms. The molecule has 0 heterocycles. The second-order valence-corrected chi connectivity index (χ2v) is 5.58. The van der Waals surface area contributed by atoms with Crippen LogP contribution in [0.25, 0.3) is 0 Å². The molecule has 0 unspecified atom stereocenters. The molecule has 1 aliphatic rings. The van der Waals surface area contributed by atoms with E-state index in [9.17, 15) is 0 Å². The summed E-state index contributed by atoms with van der Waals surface area (Å²) in [6.45, 7) is 0.634. The topological polar surface area (TPSA) is 35.2 Å².